The predicted octanol–water partition coefficient (Wildman–Crippen LogP) is 1.36. The van der Waals surface area contributed by atoms with Gasteiger partial charge in [-0.1, -0.05) is 18.2 Å². The van der Waals surface area contributed by atoms with Crippen LogP contribution >= 0.6 is 0 Å². The first-order valence-electron chi connectivity index (χ1n) is 6.10. The summed E-state index contributed by atoms with van der Waals surface area (Å²) in [7, 11) is 0. The van der Waals surface area contributed by atoms with E-state index in [2.05, 4.69) is 15.5 Å². The molecule has 0 radical (unpaired) electrons. The molecule has 0 aliphatic rings. The van der Waals surface area contributed by atoms with Crippen molar-refractivity contribution in [1.29, 1.82) is 0 Å². The van der Waals surface area contributed by atoms with Crippen molar-refractivity contribution in [3.63, 3.8) is 0 Å². The van der Waals surface area contributed by atoms with Crippen LogP contribution < -0.4 is 5.32 Å². The van der Waals surface area contributed by atoms with E-state index in [1.54, 1.807) is 22.6 Å². The molecule has 2 heterocycles. The van der Waals surface area contributed by atoms with Crippen LogP contribution in [0.25, 0.3) is 5.65 Å². The number of fused-ring (bicyclic) bond motifs is 1. The molecular weight excluding hydrogens is 256 g/mol. The van der Waals surface area contributed by atoms with E-state index in [-0.39, 0.29) is 23.8 Å². The molecular formula is C14H12N4O2. The van der Waals surface area contributed by atoms with Crippen molar-refractivity contribution in [3.8, 4) is 5.75 Å². The number of carbonyl (C=O) groups is 1. The van der Waals surface area contributed by atoms with Gasteiger partial charge in [-0.05, 0) is 24.3 Å². The molecule has 2 N–H and O–H groups in total. The van der Waals surface area contributed by atoms with Crippen molar-refractivity contribution in [2.75, 3.05) is 0 Å². The number of para-hydroxylation sites is 1. The lowest BCUT2D eigenvalue weighted by atomic mass is 10.2. The number of nitrogens with zero attached hydrogens (tertiary/aromatic N) is 3. The number of phenolic OH excluding ortho intramolecular Hbond substituents is 1. The molecule has 0 aliphatic heterocycles. The highest BCUT2D eigenvalue weighted by atomic mass is 16.3. The number of aromatic nitrogens is 3. The Morgan fingerprint density at radius 1 is 1.15 bits per heavy atom. The number of nitrogens with one attached hydrogen (secondary N) is 1. The Kier molecular flexibility index (Phi) is 3.04. The van der Waals surface area contributed by atoms with Crippen LogP contribution in [0.15, 0.2) is 48.7 Å². The molecule has 1 amide bonds. The summed E-state index contributed by atoms with van der Waals surface area (Å²) in [6.07, 6.45) is 1.83. The van der Waals surface area contributed by atoms with Gasteiger partial charge in [0.2, 0.25) is 0 Å². The molecule has 100 valence electrons. The van der Waals surface area contributed by atoms with Gasteiger partial charge < -0.3 is 10.4 Å². The summed E-state index contributed by atoms with van der Waals surface area (Å²) in [5, 5.41) is 20.3. The summed E-state index contributed by atoms with van der Waals surface area (Å²) >= 11 is 0. The van der Waals surface area contributed by atoms with E-state index in [0.29, 0.717) is 5.82 Å². The predicted molar refractivity (Wildman–Crippen MR) is 72.3 cm³/mol. The Morgan fingerprint density at radius 2 is 1.95 bits per heavy atom. The van der Waals surface area contributed by atoms with Crippen LogP contribution in [-0.4, -0.2) is 25.6 Å². The minimum Gasteiger partial charge on any atom is -0.507 e. The highest BCUT2D eigenvalue weighted by Gasteiger charge is 2.11. The minimum atomic E-state index is -0.351. The van der Waals surface area contributed by atoms with Gasteiger partial charge in [-0.2, -0.15) is 0 Å². The molecule has 0 saturated carbocycles. The lowest BCUT2D eigenvalue weighted by Crippen LogP contribution is -2.24. The zero-order valence-electron chi connectivity index (χ0n) is 10.5. The monoisotopic (exact) mass is 268 g/mol. The van der Waals surface area contributed by atoms with E-state index in [1.165, 1.54) is 6.07 Å². The quantitative estimate of drug-likeness (QED) is 0.751. The second-order valence-electron chi connectivity index (χ2n) is 4.24. The first-order valence-corrected chi connectivity index (χ1v) is 6.10. The SMILES string of the molecule is O=C(NCc1nnc2ccccn12)c1ccccc1O. The second-order valence-corrected chi connectivity index (χ2v) is 4.24. The molecule has 3 rings (SSSR count). The summed E-state index contributed by atoms with van der Waals surface area (Å²) in [4.78, 5) is 12.0. The molecule has 3 aromatic rings. The molecule has 0 aliphatic carbocycles. The van der Waals surface area contributed by atoms with E-state index < -0.39 is 0 Å². The molecule has 20 heavy (non-hydrogen) atoms. The molecule has 0 unspecified atom stereocenters. The summed E-state index contributed by atoms with van der Waals surface area (Å²) < 4.78 is 1.80. The van der Waals surface area contributed by atoms with Gasteiger partial charge in [0.15, 0.2) is 11.5 Å². The van der Waals surface area contributed by atoms with Crippen LogP contribution in [0.2, 0.25) is 0 Å². The molecule has 0 atom stereocenters. The Labute approximate surface area is 114 Å². The molecule has 1 aromatic carbocycles. The van der Waals surface area contributed by atoms with E-state index in [1.807, 2.05) is 24.4 Å². The van der Waals surface area contributed by atoms with Gasteiger partial charge in [0, 0.05) is 6.20 Å². The standard InChI is InChI=1S/C14H12N4O2/c19-11-6-2-1-5-10(11)14(20)15-9-13-17-16-12-7-3-4-8-18(12)13/h1-8,19H,9H2,(H,15,20). The third kappa shape index (κ3) is 2.18. The number of hydrogen-bond donors (Lipinski definition) is 2. The van der Waals surface area contributed by atoms with E-state index >= 15 is 0 Å². The molecule has 0 bridgehead atoms. The third-order valence-electron chi connectivity index (χ3n) is 2.94. The summed E-state index contributed by atoms with van der Waals surface area (Å²) in [6, 6.07) is 12.0. The lowest BCUT2D eigenvalue weighted by molar-refractivity contribution is 0.0947. The largest absolute Gasteiger partial charge is 0.507 e. The average molecular weight is 268 g/mol. The van der Waals surface area contributed by atoms with Crippen LogP contribution in [-0.2, 0) is 6.54 Å². The van der Waals surface area contributed by atoms with Crippen molar-refractivity contribution in [3.05, 3.63) is 60.0 Å². The van der Waals surface area contributed by atoms with Crippen molar-refractivity contribution in [2.24, 2.45) is 0 Å². The first-order chi connectivity index (χ1) is 9.75. The average Bonchev–Trinajstić information content (AvgIpc) is 2.88. The Hall–Kier alpha value is -2.89. The zero-order valence-corrected chi connectivity index (χ0v) is 10.5. The Balaban J connectivity index is 1.77. The van der Waals surface area contributed by atoms with Crippen molar-refractivity contribution >= 4 is 11.6 Å². The van der Waals surface area contributed by atoms with E-state index in [0.717, 1.165) is 5.65 Å². The van der Waals surface area contributed by atoms with Gasteiger partial charge in [-0.15, -0.1) is 10.2 Å². The second kappa shape index (κ2) is 5.00. The maximum absolute atomic E-state index is 12.0. The molecule has 6 heteroatoms. The normalized spacial score (nSPS) is 10.6. The van der Waals surface area contributed by atoms with Gasteiger partial charge in [0.05, 0.1) is 12.1 Å². The van der Waals surface area contributed by atoms with Gasteiger partial charge in [-0.25, -0.2) is 0 Å². The summed E-state index contributed by atoms with van der Waals surface area (Å²) in [5.74, 6) is 0.233. The zero-order chi connectivity index (χ0) is 13.9. The molecule has 0 spiro atoms. The third-order valence-corrected chi connectivity index (χ3v) is 2.94. The molecule has 0 saturated heterocycles. The fraction of sp³-hybridized carbons (Fsp3) is 0.0714. The van der Waals surface area contributed by atoms with Gasteiger partial charge in [-0.3, -0.25) is 9.20 Å². The van der Waals surface area contributed by atoms with Crippen molar-refractivity contribution in [2.45, 2.75) is 6.54 Å². The summed E-state index contributed by atoms with van der Waals surface area (Å²) in [5.41, 5.74) is 0.959. The smallest absolute Gasteiger partial charge is 0.255 e. The van der Waals surface area contributed by atoms with Crippen molar-refractivity contribution in [1.82, 2.24) is 19.9 Å². The maximum atomic E-state index is 12.0. The highest BCUT2D eigenvalue weighted by Crippen LogP contribution is 2.15. The number of aromatic hydroxyl groups is 1. The lowest BCUT2D eigenvalue weighted by Gasteiger charge is -2.05. The van der Waals surface area contributed by atoms with Crippen LogP contribution in [0.5, 0.6) is 5.75 Å². The number of carbonyl (C=O) groups excluding carboxylic acids is 1. The maximum Gasteiger partial charge on any atom is 0.255 e. The molecule has 0 fully saturated rings. The summed E-state index contributed by atoms with van der Waals surface area (Å²) in [6.45, 7) is 0.234. The van der Waals surface area contributed by atoms with Crippen LogP contribution in [0, 0.1) is 0 Å². The molecule has 2 aromatic heterocycles. The Morgan fingerprint density at radius 3 is 2.80 bits per heavy atom. The Bertz CT molecular complexity index is 766. The topological polar surface area (TPSA) is 79.5 Å². The van der Waals surface area contributed by atoms with E-state index in [4.69, 9.17) is 0 Å². The van der Waals surface area contributed by atoms with Crippen molar-refractivity contribution < 1.29 is 9.90 Å². The fourth-order valence-electron chi connectivity index (χ4n) is 1.93. The molecule has 6 nitrogen and oxygen atoms in total. The minimum absolute atomic E-state index is 0.0453. The number of amides is 1. The van der Waals surface area contributed by atoms with Crippen LogP contribution in [0.4, 0.5) is 0 Å². The van der Waals surface area contributed by atoms with Gasteiger partial charge in [0.1, 0.15) is 5.75 Å². The number of benzene rings is 1. The highest BCUT2D eigenvalue weighted by molar-refractivity contribution is 5.96. The van der Waals surface area contributed by atoms with Gasteiger partial charge >= 0.3 is 0 Å². The van der Waals surface area contributed by atoms with Crippen LogP contribution in [0.3, 0.4) is 0 Å². The first kappa shape index (κ1) is 12.2. The van der Waals surface area contributed by atoms with Crippen LogP contribution in [0.1, 0.15) is 16.2 Å². The van der Waals surface area contributed by atoms with E-state index in [9.17, 15) is 9.90 Å². The number of hydrogen-bond acceptors (Lipinski definition) is 4. The van der Waals surface area contributed by atoms with Gasteiger partial charge in [0.25, 0.3) is 5.91 Å². The fourth-order valence-corrected chi connectivity index (χ4v) is 1.93. The number of rotatable bonds is 3. The number of phenols is 1. The number of pyridine rings is 1.